The van der Waals surface area contributed by atoms with Gasteiger partial charge in [-0.3, -0.25) is 9.59 Å². The number of thioether (sulfide) groups is 1. The molecule has 9 nitrogen and oxygen atoms in total. The standard InChI is InChI=1S/C17H18N6O3S/c24-14-9-23(8-7-18-14)16(25)10-27-17-22-21-15(26-17)6-5-13-19-11-3-1-2-4-12(11)20-13/h1-4H,5-10H2,(H,18,24)(H,19,20). The number of piperazine rings is 1. The third-order valence-electron chi connectivity index (χ3n) is 4.17. The van der Waals surface area contributed by atoms with Gasteiger partial charge in [-0.25, -0.2) is 4.98 Å². The van der Waals surface area contributed by atoms with E-state index in [4.69, 9.17) is 4.42 Å². The third kappa shape index (κ3) is 4.27. The van der Waals surface area contributed by atoms with Gasteiger partial charge in [0.2, 0.25) is 17.7 Å². The van der Waals surface area contributed by atoms with Crippen LogP contribution in [0.5, 0.6) is 0 Å². The summed E-state index contributed by atoms with van der Waals surface area (Å²) >= 11 is 1.18. The first-order valence-corrected chi connectivity index (χ1v) is 9.59. The van der Waals surface area contributed by atoms with E-state index in [1.54, 1.807) is 0 Å². The minimum Gasteiger partial charge on any atom is -0.416 e. The van der Waals surface area contributed by atoms with Gasteiger partial charge in [0, 0.05) is 25.9 Å². The Morgan fingerprint density at radius 2 is 2.15 bits per heavy atom. The fourth-order valence-electron chi connectivity index (χ4n) is 2.81. The van der Waals surface area contributed by atoms with Gasteiger partial charge in [0.1, 0.15) is 5.82 Å². The molecule has 0 spiro atoms. The van der Waals surface area contributed by atoms with Crippen LogP contribution in [0.4, 0.5) is 0 Å². The number of aromatic nitrogens is 4. The molecule has 0 radical (unpaired) electrons. The number of rotatable bonds is 6. The summed E-state index contributed by atoms with van der Waals surface area (Å²) < 4.78 is 5.59. The number of hydrogen-bond donors (Lipinski definition) is 2. The molecule has 2 aromatic heterocycles. The van der Waals surface area contributed by atoms with Gasteiger partial charge < -0.3 is 19.6 Å². The highest BCUT2D eigenvalue weighted by atomic mass is 32.2. The zero-order valence-corrected chi connectivity index (χ0v) is 15.3. The van der Waals surface area contributed by atoms with Crippen molar-refractivity contribution in [3.05, 3.63) is 36.0 Å². The highest BCUT2D eigenvalue weighted by Crippen LogP contribution is 2.18. The Bertz CT molecular complexity index is 935. The predicted octanol–water partition coefficient (Wildman–Crippen LogP) is 0.782. The molecule has 1 saturated heterocycles. The lowest BCUT2D eigenvalue weighted by molar-refractivity contribution is -0.136. The van der Waals surface area contributed by atoms with Crippen LogP contribution in [-0.2, 0) is 22.4 Å². The van der Waals surface area contributed by atoms with E-state index in [0.717, 1.165) is 16.9 Å². The van der Waals surface area contributed by atoms with E-state index < -0.39 is 0 Å². The summed E-state index contributed by atoms with van der Waals surface area (Å²) in [4.78, 5) is 32.8. The van der Waals surface area contributed by atoms with Crippen molar-refractivity contribution in [3.8, 4) is 0 Å². The van der Waals surface area contributed by atoms with Crippen LogP contribution in [0.2, 0.25) is 0 Å². The summed E-state index contributed by atoms with van der Waals surface area (Å²) in [6.45, 7) is 1.12. The average Bonchev–Trinajstić information content (AvgIpc) is 3.30. The lowest BCUT2D eigenvalue weighted by atomic mass is 10.3. The molecule has 3 heterocycles. The highest BCUT2D eigenvalue weighted by molar-refractivity contribution is 7.99. The molecular weight excluding hydrogens is 368 g/mol. The summed E-state index contributed by atoms with van der Waals surface area (Å²) in [6, 6.07) is 7.85. The molecule has 0 bridgehead atoms. The van der Waals surface area contributed by atoms with Crippen molar-refractivity contribution >= 4 is 34.6 Å². The van der Waals surface area contributed by atoms with Gasteiger partial charge in [0.25, 0.3) is 5.22 Å². The Hall–Kier alpha value is -2.88. The number of aryl methyl sites for hydroxylation is 2. The number of imidazole rings is 1. The summed E-state index contributed by atoms with van der Waals surface area (Å²) in [5, 5.41) is 11.0. The smallest absolute Gasteiger partial charge is 0.277 e. The van der Waals surface area contributed by atoms with E-state index in [1.165, 1.54) is 16.7 Å². The predicted molar refractivity (Wildman–Crippen MR) is 98.1 cm³/mol. The Morgan fingerprint density at radius 1 is 1.26 bits per heavy atom. The Kier molecular flexibility index (Phi) is 5.05. The van der Waals surface area contributed by atoms with Crippen molar-refractivity contribution < 1.29 is 14.0 Å². The normalized spacial score (nSPS) is 14.5. The van der Waals surface area contributed by atoms with Crippen molar-refractivity contribution in [1.82, 2.24) is 30.4 Å². The fourth-order valence-corrected chi connectivity index (χ4v) is 3.50. The fraction of sp³-hybridized carbons (Fsp3) is 0.353. The quantitative estimate of drug-likeness (QED) is 0.601. The van der Waals surface area contributed by atoms with Crippen molar-refractivity contribution in [2.75, 3.05) is 25.4 Å². The summed E-state index contributed by atoms with van der Waals surface area (Å²) in [5.74, 6) is 1.28. The van der Waals surface area contributed by atoms with Crippen molar-refractivity contribution in [3.63, 3.8) is 0 Å². The van der Waals surface area contributed by atoms with E-state index in [2.05, 4.69) is 25.5 Å². The molecule has 140 valence electrons. The average molecular weight is 386 g/mol. The summed E-state index contributed by atoms with van der Waals surface area (Å²) in [7, 11) is 0. The first-order chi connectivity index (χ1) is 13.2. The largest absolute Gasteiger partial charge is 0.416 e. The second-order valence-electron chi connectivity index (χ2n) is 6.12. The van der Waals surface area contributed by atoms with Crippen molar-refractivity contribution in [2.45, 2.75) is 18.1 Å². The lowest BCUT2D eigenvalue weighted by Crippen LogP contribution is -2.50. The molecule has 0 saturated carbocycles. The number of H-pyrrole nitrogens is 1. The van der Waals surface area contributed by atoms with E-state index in [-0.39, 0.29) is 24.1 Å². The third-order valence-corrected chi connectivity index (χ3v) is 4.98. The Balaban J connectivity index is 1.28. The molecule has 4 rings (SSSR count). The number of hydrogen-bond acceptors (Lipinski definition) is 7. The monoisotopic (exact) mass is 386 g/mol. The van der Waals surface area contributed by atoms with Gasteiger partial charge in [0.15, 0.2) is 0 Å². The number of carbonyl (C=O) groups excluding carboxylic acids is 2. The van der Waals surface area contributed by atoms with Crippen LogP contribution in [0, 0.1) is 0 Å². The van der Waals surface area contributed by atoms with Crippen molar-refractivity contribution in [2.24, 2.45) is 0 Å². The first kappa shape index (κ1) is 17.5. The number of carbonyl (C=O) groups is 2. The lowest BCUT2D eigenvalue weighted by Gasteiger charge is -2.26. The second-order valence-corrected chi connectivity index (χ2v) is 7.04. The number of aromatic amines is 1. The Labute approximate surface area is 158 Å². The van der Waals surface area contributed by atoms with E-state index in [1.807, 2.05) is 24.3 Å². The maximum Gasteiger partial charge on any atom is 0.277 e. The zero-order chi connectivity index (χ0) is 18.6. The van der Waals surface area contributed by atoms with Gasteiger partial charge in [-0.05, 0) is 12.1 Å². The van der Waals surface area contributed by atoms with Gasteiger partial charge in [-0.2, -0.15) is 0 Å². The molecule has 0 aliphatic carbocycles. The molecular formula is C17H18N6O3S. The number of nitrogens with one attached hydrogen (secondary N) is 2. The number of benzene rings is 1. The first-order valence-electron chi connectivity index (χ1n) is 8.60. The SMILES string of the molecule is O=C1CN(C(=O)CSc2nnc(CCc3nc4ccccc4[nH]3)o2)CCN1. The van der Waals surface area contributed by atoms with E-state index in [0.29, 0.717) is 37.0 Å². The molecule has 27 heavy (non-hydrogen) atoms. The summed E-state index contributed by atoms with van der Waals surface area (Å²) in [5.41, 5.74) is 1.93. The molecule has 3 aromatic rings. The molecule has 1 aromatic carbocycles. The van der Waals surface area contributed by atoms with Gasteiger partial charge in [-0.15, -0.1) is 10.2 Å². The van der Waals surface area contributed by atoms with Gasteiger partial charge in [-0.1, -0.05) is 23.9 Å². The number of amides is 2. The molecule has 0 unspecified atom stereocenters. The Morgan fingerprint density at radius 3 is 3.00 bits per heavy atom. The van der Waals surface area contributed by atoms with E-state index in [9.17, 15) is 9.59 Å². The van der Waals surface area contributed by atoms with Crippen LogP contribution in [0.3, 0.4) is 0 Å². The molecule has 10 heteroatoms. The van der Waals surface area contributed by atoms with Crippen LogP contribution in [0.15, 0.2) is 33.9 Å². The zero-order valence-electron chi connectivity index (χ0n) is 14.5. The number of fused-ring (bicyclic) bond motifs is 1. The van der Waals surface area contributed by atoms with Gasteiger partial charge >= 0.3 is 0 Å². The van der Waals surface area contributed by atoms with Crippen LogP contribution in [0.25, 0.3) is 11.0 Å². The summed E-state index contributed by atoms with van der Waals surface area (Å²) in [6.07, 6.45) is 1.22. The molecule has 1 aliphatic rings. The minimum atomic E-state index is -0.134. The molecule has 2 amide bonds. The van der Waals surface area contributed by atoms with Crippen molar-refractivity contribution in [1.29, 1.82) is 0 Å². The van der Waals surface area contributed by atoms with Crippen LogP contribution >= 0.6 is 11.8 Å². The molecule has 0 atom stereocenters. The number of para-hydroxylation sites is 2. The highest BCUT2D eigenvalue weighted by Gasteiger charge is 2.21. The topological polar surface area (TPSA) is 117 Å². The van der Waals surface area contributed by atoms with Crippen LogP contribution in [-0.4, -0.2) is 62.3 Å². The molecule has 1 fully saturated rings. The number of nitrogens with zero attached hydrogens (tertiary/aromatic N) is 4. The van der Waals surface area contributed by atoms with Crippen LogP contribution in [0.1, 0.15) is 11.7 Å². The minimum absolute atomic E-state index is 0.103. The van der Waals surface area contributed by atoms with Crippen LogP contribution < -0.4 is 5.32 Å². The molecule has 1 aliphatic heterocycles. The maximum atomic E-state index is 12.1. The van der Waals surface area contributed by atoms with E-state index >= 15 is 0 Å². The maximum absolute atomic E-state index is 12.1. The van der Waals surface area contributed by atoms with Gasteiger partial charge in [0.05, 0.1) is 23.3 Å². The second kappa shape index (κ2) is 7.78. The molecule has 2 N–H and O–H groups in total.